The molecule has 0 aromatic rings. The Bertz CT molecular complexity index is 442. The van der Waals surface area contributed by atoms with E-state index in [-0.39, 0.29) is 0 Å². The van der Waals surface area contributed by atoms with Crippen LogP contribution in [0, 0.1) is 23.2 Å². The summed E-state index contributed by atoms with van der Waals surface area (Å²) in [5, 5.41) is 0. The average molecular weight is 362 g/mol. The molecule has 1 saturated carbocycles. The van der Waals surface area contributed by atoms with Crippen molar-refractivity contribution in [1.82, 2.24) is 14.7 Å². The molecule has 0 N–H and O–H groups in total. The topological polar surface area (TPSA) is 9.72 Å². The lowest BCUT2D eigenvalue weighted by molar-refractivity contribution is 0.0208. The predicted octanol–water partition coefficient (Wildman–Crippen LogP) is 3.94. The van der Waals surface area contributed by atoms with E-state index in [0.717, 1.165) is 29.8 Å². The Hall–Kier alpha value is -0.120. The van der Waals surface area contributed by atoms with Crippen LogP contribution in [0.4, 0.5) is 0 Å². The molecule has 0 bridgehead atoms. The first-order valence-electron chi connectivity index (χ1n) is 11.6. The summed E-state index contributed by atoms with van der Waals surface area (Å²) < 4.78 is 0. The maximum atomic E-state index is 2.84. The van der Waals surface area contributed by atoms with Gasteiger partial charge < -0.3 is 14.7 Å². The summed E-state index contributed by atoms with van der Waals surface area (Å²) in [6.07, 6.45) is 8.88. The molecule has 1 spiro atoms. The number of fused-ring (bicyclic) bond motifs is 1. The minimum Gasteiger partial charge on any atom is -0.303 e. The molecule has 3 heterocycles. The highest BCUT2D eigenvalue weighted by Crippen LogP contribution is 2.44. The number of nitrogens with zero attached hydrogens (tertiary/aromatic N) is 3. The van der Waals surface area contributed by atoms with E-state index in [4.69, 9.17) is 0 Å². The van der Waals surface area contributed by atoms with Crippen molar-refractivity contribution in [3.63, 3.8) is 0 Å². The van der Waals surface area contributed by atoms with Gasteiger partial charge in [0.1, 0.15) is 0 Å². The van der Waals surface area contributed by atoms with Gasteiger partial charge in [-0.2, -0.15) is 0 Å². The average Bonchev–Trinajstić information content (AvgIpc) is 3.16. The monoisotopic (exact) mass is 361 g/mol. The highest BCUT2D eigenvalue weighted by atomic mass is 15.2. The molecule has 0 amide bonds. The highest BCUT2D eigenvalue weighted by Gasteiger charge is 2.43. The van der Waals surface area contributed by atoms with E-state index in [1.54, 1.807) is 0 Å². The van der Waals surface area contributed by atoms with Crippen molar-refractivity contribution in [2.24, 2.45) is 23.2 Å². The lowest BCUT2D eigenvalue weighted by Gasteiger charge is -2.48. The Morgan fingerprint density at radius 1 is 0.731 bits per heavy atom. The van der Waals surface area contributed by atoms with Crippen LogP contribution < -0.4 is 0 Å². The molecule has 3 heteroatoms. The molecule has 26 heavy (non-hydrogen) atoms. The zero-order valence-electron chi connectivity index (χ0n) is 17.9. The summed E-state index contributed by atoms with van der Waals surface area (Å²) in [6, 6.07) is 1.49. The summed E-state index contributed by atoms with van der Waals surface area (Å²) in [4.78, 5) is 8.25. The molecule has 150 valence electrons. The van der Waals surface area contributed by atoms with Crippen molar-refractivity contribution in [2.45, 2.75) is 78.3 Å². The molecule has 4 aliphatic rings. The Labute approximate surface area is 162 Å². The van der Waals surface area contributed by atoms with Gasteiger partial charge in [-0.15, -0.1) is 0 Å². The third-order valence-electron chi connectivity index (χ3n) is 8.63. The van der Waals surface area contributed by atoms with Crippen LogP contribution in [-0.2, 0) is 0 Å². The van der Waals surface area contributed by atoms with Gasteiger partial charge in [-0.25, -0.2) is 0 Å². The second-order valence-electron chi connectivity index (χ2n) is 10.8. The van der Waals surface area contributed by atoms with Gasteiger partial charge in [0, 0.05) is 31.7 Å². The first-order chi connectivity index (χ1) is 12.4. The number of likely N-dealkylation sites (tertiary alicyclic amines) is 3. The molecule has 2 unspecified atom stereocenters. The predicted molar refractivity (Wildman–Crippen MR) is 110 cm³/mol. The minimum absolute atomic E-state index is 0.700. The fourth-order valence-electron chi connectivity index (χ4n) is 6.62. The Morgan fingerprint density at radius 3 is 1.73 bits per heavy atom. The summed E-state index contributed by atoms with van der Waals surface area (Å²) >= 11 is 0. The van der Waals surface area contributed by atoms with Gasteiger partial charge >= 0.3 is 0 Å². The van der Waals surface area contributed by atoms with E-state index in [1.807, 2.05) is 0 Å². The SMILES string of the molecule is CC(C)N1CCC2(CCN(CC3CC4CN(C(C)C)CC4C3)CC2)CC1. The normalized spacial score (nSPS) is 36.5. The van der Waals surface area contributed by atoms with Gasteiger partial charge in [-0.1, -0.05) is 0 Å². The van der Waals surface area contributed by atoms with E-state index < -0.39 is 0 Å². The van der Waals surface area contributed by atoms with E-state index in [1.165, 1.54) is 84.3 Å². The third kappa shape index (κ3) is 4.00. The van der Waals surface area contributed by atoms with Crippen molar-refractivity contribution in [3.05, 3.63) is 0 Å². The number of hydrogen-bond acceptors (Lipinski definition) is 3. The zero-order chi connectivity index (χ0) is 18.3. The lowest BCUT2D eigenvalue weighted by Crippen LogP contribution is -2.48. The van der Waals surface area contributed by atoms with E-state index in [2.05, 4.69) is 42.4 Å². The molecular formula is C23H43N3. The fraction of sp³-hybridized carbons (Fsp3) is 1.00. The van der Waals surface area contributed by atoms with Gasteiger partial charge in [0.2, 0.25) is 0 Å². The molecule has 1 aliphatic carbocycles. The van der Waals surface area contributed by atoms with Gasteiger partial charge in [-0.05, 0) is 116 Å². The quantitative estimate of drug-likeness (QED) is 0.751. The molecular weight excluding hydrogens is 318 g/mol. The number of hydrogen-bond donors (Lipinski definition) is 0. The zero-order valence-corrected chi connectivity index (χ0v) is 17.9. The third-order valence-corrected chi connectivity index (χ3v) is 8.63. The molecule has 0 aromatic carbocycles. The number of rotatable bonds is 4. The Kier molecular flexibility index (Phi) is 5.70. The second kappa shape index (κ2) is 7.72. The molecule has 2 atom stereocenters. The molecule has 3 saturated heterocycles. The van der Waals surface area contributed by atoms with Crippen molar-refractivity contribution in [3.8, 4) is 0 Å². The van der Waals surface area contributed by atoms with Crippen LogP contribution in [0.25, 0.3) is 0 Å². The van der Waals surface area contributed by atoms with Crippen molar-refractivity contribution >= 4 is 0 Å². The Balaban J connectivity index is 1.20. The standard InChI is InChI=1S/C23H43N3/c1-18(2)25-11-7-23(8-12-25)5-9-24(10-6-23)15-20-13-21-16-26(19(3)4)17-22(21)14-20/h18-22H,5-17H2,1-4H3. The van der Waals surface area contributed by atoms with Crippen LogP contribution in [0.3, 0.4) is 0 Å². The maximum Gasteiger partial charge on any atom is 0.00388 e. The smallest absolute Gasteiger partial charge is 0.00388 e. The van der Waals surface area contributed by atoms with Gasteiger partial charge in [0.05, 0.1) is 0 Å². The molecule has 3 nitrogen and oxygen atoms in total. The van der Waals surface area contributed by atoms with E-state index in [0.29, 0.717) is 5.41 Å². The van der Waals surface area contributed by atoms with Crippen molar-refractivity contribution in [1.29, 1.82) is 0 Å². The van der Waals surface area contributed by atoms with Crippen LogP contribution in [0.2, 0.25) is 0 Å². The van der Waals surface area contributed by atoms with Gasteiger partial charge in [0.15, 0.2) is 0 Å². The van der Waals surface area contributed by atoms with Crippen LogP contribution in [0.5, 0.6) is 0 Å². The second-order valence-corrected chi connectivity index (χ2v) is 10.8. The lowest BCUT2D eigenvalue weighted by atomic mass is 9.71. The minimum atomic E-state index is 0.700. The maximum absolute atomic E-state index is 2.84. The number of piperidine rings is 2. The van der Waals surface area contributed by atoms with Crippen LogP contribution >= 0.6 is 0 Å². The summed E-state index contributed by atoms with van der Waals surface area (Å²) in [5.41, 5.74) is 0.700. The summed E-state index contributed by atoms with van der Waals surface area (Å²) in [6.45, 7) is 19.1. The van der Waals surface area contributed by atoms with Crippen LogP contribution in [-0.4, -0.2) is 72.6 Å². The van der Waals surface area contributed by atoms with E-state index >= 15 is 0 Å². The molecule has 0 aromatic heterocycles. The summed E-state index contributed by atoms with van der Waals surface area (Å²) in [7, 11) is 0. The Morgan fingerprint density at radius 2 is 1.23 bits per heavy atom. The first-order valence-corrected chi connectivity index (χ1v) is 11.6. The molecule has 4 rings (SSSR count). The largest absolute Gasteiger partial charge is 0.303 e. The van der Waals surface area contributed by atoms with Crippen LogP contribution in [0.1, 0.15) is 66.2 Å². The summed E-state index contributed by atoms with van der Waals surface area (Å²) in [5.74, 6) is 3.02. The highest BCUT2D eigenvalue weighted by molar-refractivity contribution is 4.95. The molecule has 3 aliphatic heterocycles. The molecule has 4 fully saturated rings. The van der Waals surface area contributed by atoms with Crippen molar-refractivity contribution in [2.75, 3.05) is 45.8 Å². The molecule has 0 radical (unpaired) electrons. The van der Waals surface area contributed by atoms with E-state index in [9.17, 15) is 0 Å². The fourth-order valence-corrected chi connectivity index (χ4v) is 6.62. The first kappa shape index (κ1) is 19.2. The van der Waals surface area contributed by atoms with Crippen LogP contribution in [0.15, 0.2) is 0 Å². The van der Waals surface area contributed by atoms with Gasteiger partial charge in [-0.3, -0.25) is 0 Å². The van der Waals surface area contributed by atoms with Gasteiger partial charge in [0.25, 0.3) is 0 Å². The van der Waals surface area contributed by atoms with Crippen molar-refractivity contribution < 1.29 is 0 Å².